The highest BCUT2D eigenvalue weighted by molar-refractivity contribution is 5.75. The highest BCUT2D eigenvalue weighted by Gasteiger charge is 2.45. The van der Waals surface area contributed by atoms with Crippen LogP contribution in [0.1, 0.15) is 27.2 Å². The number of nitrogens with one attached hydrogen (secondary N) is 2. The summed E-state index contributed by atoms with van der Waals surface area (Å²) in [5.41, 5.74) is -0.419. The second-order valence-electron chi connectivity index (χ2n) is 10.5. The van der Waals surface area contributed by atoms with Gasteiger partial charge in [-0.1, -0.05) is 6.92 Å². The molecule has 1 aliphatic rings. The molecule has 0 bridgehead atoms. The van der Waals surface area contributed by atoms with Gasteiger partial charge in [-0.2, -0.15) is 0 Å². The van der Waals surface area contributed by atoms with Crippen molar-refractivity contribution in [3.05, 3.63) is 11.5 Å². The second-order valence-corrected chi connectivity index (χ2v) is 10.5. The van der Waals surface area contributed by atoms with E-state index in [1.165, 1.54) is 6.92 Å². The Kier molecular flexibility index (Phi) is 22.0. The minimum absolute atomic E-state index is 0.0645. The molecule has 1 saturated heterocycles. The van der Waals surface area contributed by atoms with E-state index < -0.39 is 79.5 Å². The first-order valence-corrected chi connectivity index (χ1v) is 15.0. The first-order chi connectivity index (χ1) is 21.9. The van der Waals surface area contributed by atoms with Gasteiger partial charge in [0.2, 0.25) is 11.8 Å². The first kappa shape index (κ1) is 42.0. The maximum atomic E-state index is 11.5. The average Bonchev–Trinajstić information content (AvgIpc) is 3.01. The van der Waals surface area contributed by atoms with Crippen LogP contribution in [0, 0.1) is 5.92 Å². The van der Waals surface area contributed by atoms with Crippen molar-refractivity contribution in [2.24, 2.45) is 5.92 Å². The molecule has 0 radical (unpaired) electrons. The van der Waals surface area contributed by atoms with Gasteiger partial charge in [0.25, 0.3) is 0 Å². The van der Waals surface area contributed by atoms with Crippen LogP contribution in [0.2, 0.25) is 0 Å². The van der Waals surface area contributed by atoms with E-state index in [0.29, 0.717) is 26.4 Å². The standard InChI is InChI=1S/C28H52N2O16/c1-17(15-42-8-6-40-10-12-44-27(39)22(29-18(2)33)24(36)20(35)4-5-31)16-43-9-7-41-11-13-45-28-23(30-19(3)34)26(38)25(37)21(14-32)46-28/h17,20-21,23,25-28,31-32,35-39H,4-16H2,1-3H3,(H,29,33)(H,30,34)/b24-22+/t17?,20-,21?,23?,25-,26?,27-,28+/m0/s1. The van der Waals surface area contributed by atoms with Crippen molar-refractivity contribution in [2.45, 2.75) is 70.2 Å². The molecule has 1 aliphatic heterocycles. The van der Waals surface area contributed by atoms with Gasteiger partial charge in [0, 0.05) is 32.8 Å². The summed E-state index contributed by atoms with van der Waals surface area (Å²) in [7, 11) is 0. The van der Waals surface area contributed by atoms with E-state index in [-0.39, 0.29) is 52.0 Å². The summed E-state index contributed by atoms with van der Waals surface area (Å²) in [6.07, 6.45) is -8.34. The van der Waals surface area contributed by atoms with Crippen molar-refractivity contribution in [1.29, 1.82) is 0 Å². The minimum Gasteiger partial charge on any atom is -0.508 e. The molecule has 0 aromatic rings. The molecule has 9 N–H and O–H groups in total. The van der Waals surface area contributed by atoms with Crippen LogP contribution in [0.15, 0.2) is 11.5 Å². The first-order valence-electron chi connectivity index (χ1n) is 15.0. The lowest BCUT2D eigenvalue weighted by atomic mass is 9.97. The van der Waals surface area contributed by atoms with E-state index in [2.05, 4.69) is 10.6 Å². The molecule has 270 valence electrons. The molecular weight excluding hydrogens is 620 g/mol. The van der Waals surface area contributed by atoms with Crippen LogP contribution in [0.4, 0.5) is 0 Å². The van der Waals surface area contributed by atoms with Crippen LogP contribution < -0.4 is 10.6 Å². The molecule has 8 atom stereocenters. The molecule has 1 heterocycles. The summed E-state index contributed by atoms with van der Waals surface area (Å²) < 4.78 is 38.1. The van der Waals surface area contributed by atoms with E-state index >= 15 is 0 Å². The molecule has 0 aliphatic carbocycles. The zero-order chi connectivity index (χ0) is 34.5. The Morgan fingerprint density at radius 2 is 1.39 bits per heavy atom. The van der Waals surface area contributed by atoms with Gasteiger partial charge >= 0.3 is 0 Å². The van der Waals surface area contributed by atoms with Gasteiger partial charge in [0.15, 0.2) is 12.6 Å². The Morgan fingerprint density at radius 1 is 0.826 bits per heavy atom. The van der Waals surface area contributed by atoms with E-state index in [0.717, 1.165) is 6.92 Å². The van der Waals surface area contributed by atoms with Gasteiger partial charge in [-0.25, -0.2) is 0 Å². The van der Waals surface area contributed by atoms with Crippen LogP contribution >= 0.6 is 0 Å². The molecule has 18 nitrogen and oxygen atoms in total. The Bertz CT molecular complexity index is 880. The molecule has 46 heavy (non-hydrogen) atoms. The Balaban J connectivity index is 2.12. The maximum absolute atomic E-state index is 11.5. The molecule has 1 fully saturated rings. The van der Waals surface area contributed by atoms with Gasteiger partial charge in [0.05, 0.1) is 72.7 Å². The summed E-state index contributed by atoms with van der Waals surface area (Å²) in [5, 5.41) is 73.2. The van der Waals surface area contributed by atoms with Crippen LogP contribution in [0.5, 0.6) is 0 Å². The number of carbonyl (C=O) groups excluding carboxylic acids is 2. The third kappa shape index (κ3) is 16.7. The van der Waals surface area contributed by atoms with Gasteiger partial charge in [-0.3, -0.25) is 9.59 Å². The molecule has 0 spiro atoms. The lowest BCUT2D eigenvalue weighted by Gasteiger charge is -2.42. The molecule has 4 unspecified atom stereocenters. The molecule has 0 saturated carbocycles. The zero-order valence-electron chi connectivity index (χ0n) is 26.6. The molecule has 0 aromatic carbocycles. The third-order valence-corrected chi connectivity index (χ3v) is 6.36. The van der Waals surface area contributed by atoms with E-state index in [1.807, 2.05) is 6.92 Å². The lowest BCUT2D eigenvalue weighted by molar-refractivity contribution is -0.272. The highest BCUT2D eigenvalue weighted by Crippen LogP contribution is 2.22. The van der Waals surface area contributed by atoms with Crippen LogP contribution in [0.25, 0.3) is 0 Å². The van der Waals surface area contributed by atoms with Crippen LogP contribution in [-0.4, -0.2) is 170 Å². The summed E-state index contributed by atoms with van der Waals surface area (Å²) >= 11 is 0. The summed E-state index contributed by atoms with van der Waals surface area (Å²) in [6.45, 7) is 5.62. The van der Waals surface area contributed by atoms with Gasteiger partial charge in [-0.15, -0.1) is 0 Å². The lowest BCUT2D eigenvalue weighted by Crippen LogP contribution is -2.64. The monoisotopic (exact) mass is 672 g/mol. The maximum Gasteiger partial charge on any atom is 0.221 e. The molecule has 0 aromatic heterocycles. The fourth-order valence-electron chi connectivity index (χ4n) is 4.08. The van der Waals surface area contributed by atoms with Crippen molar-refractivity contribution in [1.82, 2.24) is 10.6 Å². The minimum atomic E-state index is -1.73. The number of hydrogen-bond donors (Lipinski definition) is 9. The van der Waals surface area contributed by atoms with E-state index in [9.17, 15) is 40.2 Å². The van der Waals surface area contributed by atoms with Crippen LogP contribution in [0.3, 0.4) is 0 Å². The molecule has 1 rings (SSSR count). The predicted octanol–water partition coefficient (Wildman–Crippen LogP) is -3.37. The molecule has 2 amide bonds. The number of aliphatic hydroxyl groups excluding tert-OH is 7. The Morgan fingerprint density at radius 3 is 1.93 bits per heavy atom. The molecule has 18 heteroatoms. The fourth-order valence-corrected chi connectivity index (χ4v) is 4.08. The molecular formula is C28H52N2O16. The van der Waals surface area contributed by atoms with Crippen molar-refractivity contribution < 1.29 is 78.5 Å². The Labute approximate surface area is 268 Å². The van der Waals surface area contributed by atoms with Gasteiger partial charge in [0.1, 0.15) is 41.9 Å². The summed E-state index contributed by atoms with van der Waals surface area (Å²) in [6, 6.07) is -1.02. The predicted molar refractivity (Wildman–Crippen MR) is 157 cm³/mol. The van der Waals surface area contributed by atoms with Crippen molar-refractivity contribution in [3.63, 3.8) is 0 Å². The van der Waals surface area contributed by atoms with Crippen molar-refractivity contribution >= 4 is 11.8 Å². The quantitative estimate of drug-likeness (QED) is 0.0260. The van der Waals surface area contributed by atoms with Gasteiger partial charge < -0.3 is 79.5 Å². The number of carbonyl (C=O) groups is 2. The number of aliphatic hydroxyl groups is 7. The SMILES string of the molecule is CC(=O)N/C(=C(/O)[C@@H](O)CCO)[C@@H](O)OCCOCCOCC(C)COCCOCCO[C@@H]1OC(CO)[C@H](O)C(O)C1NC(C)=O. The summed E-state index contributed by atoms with van der Waals surface area (Å²) in [4.78, 5) is 22.8. The number of ether oxygens (including phenoxy) is 7. The van der Waals surface area contributed by atoms with Crippen molar-refractivity contribution in [3.8, 4) is 0 Å². The third-order valence-electron chi connectivity index (χ3n) is 6.36. The topological polar surface area (TPSA) is 264 Å². The second kappa shape index (κ2) is 24.2. The number of hydrogen-bond acceptors (Lipinski definition) is 16. The summed E-state index contributed by atoms with van der Waals surface area (Å²) in [5.74, 6) is -1.67. The van der Waals surface area contributed by atoms with E-state index in [1.54, 1.807) is 0 Å². The largest absolute Gasteiger partial charge is 0.508 e. The number of rotatable bonds is 25. The van der Waals surface area contributed by atoms with E-state index in [4.69, 9.17) is 38.3 Å². The van der Waals surface area contributed by atoms with Crippen LogP contribution in [-0.2, 0) is 42.7 Å². The average molecular weight is 673 g/mol. The fraction of sp³-hybridized carbons (Fsp3) is 0.857. The highest BCUT2D eigenvalue weighted by atomic mass is 16.7. The van der Waals surface area contributed by atoms with Gasteiger partial charge in [-0.05, 0) is 0 Å². The Hall–Kier alpha value is -2.04. The normalized spacial score (nSPS) is 24.2. The van der Waals surface area contributed by atoms with Crippen molar-refractivity contribution in [2.75, 3.05) is 79.3 Å². The zero-order valence-corrected chi connectivity index (χ0v) is 26.6. The smallest absolute Gasteiger partial charge is 0.221 e. The number of amides is 2.